The maximum absolute atomic E-state index is 11.1. The monoisotopic (exact) mass is 219 g/mol. The first kappa shape index (κ1) is 11.1. The van der Waals surface area contributed by atoms with Crippen molar-refractivity contribution in [3.8, 4) is 0 Å². The Morgan fingerprint density at radius 1 is 1.50 bits per heavy atom. The minimum absolute atomic E-state index is 0.403. The van der Waals surface area contributed by atoms with Crippen LogP contribution in [0, 0.1) is 0 Å². The number of aromatic nitrogens is 1. The van der Waals surface area contributed by atoms with Gasteiger partial charge in [0.25, 0.3) is 0 Å². The number of aryl methyl sites for hydroxylation is 2. The lowest BCUT2D eigenvalue weighted by Gasteiger charge is -2.17. The van der Waals surface area contributed by atoms with E-state index < -0.39 is 11.9 Å². The van der Waals surface area contributed by atoms with E-state index in [-0.39, 0.29) is 0 Å². The van der Waals surface area contributed by atoms with Gasteiger partial charge in [-0.2, -0.15) is 0 Å². The van der Waals surface area contributed by atoms with Crippen LogP contribution in [0.4, 0.5) is 0 Å². The molecule has 0 aromatic carbocycles. The van der Waals surface area contributed by atoms with E-state index in [9.17, 15) is 4.79 Å². The molecule has 0 fully saturated rings. The van der Waals surface area contributed by atoms with Crippen LogP contribution in [-0.4, -0.2) is 16.1 Å². The number of hydrogen-bond acceptors (Lipinski definition) is 2. The topological polar surface area (TPSA) is 50.2 Å². The molecule has 1 aliphatic carbocycles. The summed E-state index contributed by atoms with van der Waals surface area (Å²) in [5, 5.41) is 9.10. The molecule has 3 nitrogen and oxygen atoms in total. The van der Waals surface area contributed by atoms with E-state index in [0.29, 0.717) is 6.42 Å². The molecule has 1 N–H and O–H groups in total. The third kappa shape index (κ3) is 2.08. The lowest BCUT2D eigenvalue weighted by Crippen LogP contribution is -2.13. The van der Waals surface area contributed by atoms with Crippen LogP contribution < -0.4 is 0 Å². The quantitative estimate of drug-likeness (QED) is 0.849. The number of carbonyl (C=O) groups is 1. The van der Waals surface area contributed by atoms with Gasteiger partial charge in [-0.05, 0) is 43.2 Å². The summed E-state index contributed by atoms with van der Waals surface area (Å²) >= 11 is 0. The second-order valence-electron chi connectivity index (χ2n) is 4.38. The maximum Gasteiger partial charge on any atom is 0.311 e. The summed E-state index contributed by atoms with van der Waals surface area (Å²) in [6, 6.07) is 2.05. The molecule has 0 saturated carbocycles. The third-order valence-corrected chi connectivity index (χ3v) is 3.30. The zero-order chi connectivity index (χ0) is 11.5. The van der Waals surface area contributed by atoms with Gasteiger partial charge in [-0.3, -0.25) is 9.78 Å². The van der Waals surface area contributed by atoms with Crippen molar-refractivity contribution in [3.63, 3.8) is 0 Å². The summed E-state index contributed by atoms with van der Waals surface area (Å²) in [7, 11) is 0. The Hall–Kier alpha value is -1.38. The number of nitrogens with zero attached hydrogens (tertiary/aromatic N) is 1. The van der Waals surface area contributed by atoms with Crippen LogP contribution >= 0.6 is 0 Å². The Labute approximate surface area is 95.5 Å². The van der Waals surface area contributed by atoms with Crippen LogP contribution in [0.3, 0.4) is 0 Å². The molecule has 1 atom stereocenters. The highest BCUT2D eigenvalue weighted by Crippen LogP contribution is 2.25. The molecule has 0 bridgehead atoms. The second-order valence-corrected chi connectivity index (χ2v) is 4.38. The van der Waals surface area contributed by atoms with Gasteiger partial charge >= 0.3 is 5.97 Å². The van der Waals surface area contributed by atoms with E-state index in [1.807, 2.05) is 13.0 Å². The Kier molecular flexibility index (Phi) is 3.22. The van der Waals surface area contributed by atoms with Gasteiger partial charge in [0, 0.05) is 11.9 Å². The first-order valence-corrected chi connectivity index (χ1v) is 5.93. The molecule has 16 heavy (non-hydrogen) atoms. The van der Waals surface area contributed by atoms with E-state index in [1.54, 1.807) is 6.20 Å². The van der Waals surface area contributed by atoms with Crippen LogP contribution in [0.2, 0.25) is 0 Å². The predicted molar refractivity (Wildman–Crippen MR) is 61.5 cm³/mol. The highest BCUT2D eigenvalue weighted by atomic mass is 16.4. The highest BCUT2D eigenvalue weighted by Gasteiger charge is 2.20. The summed E-state index contributed by atoms with van der Waals surface area (Å²) in [6.07, 6.45) is 6.85. The molecule has 0 saturated heterocycles. The second kappa shape index (κ2) is 4.64. The number of rotatable bonds is 3. The molecule has 0 spiro atoms. The van der Waals surface area contributed by atoms with Gasteiger partial charge in [-0.25, -0.2) is 0 Å². The van der Waals surface area contributed by atoms with Gasteiger partial charge in [0.15, 0.2) is 0 Å². The molecule has 0 amide bonds. The van der Waals surface area contributed by atoms with Gasteiger partial charge in [0.1, 0.15) is 0 Å². The Morgan fingerprint density at radius 2 is 2.25 bits per heavy atom. The summed E-state index contributed by atoms with van der Waals surface area (Å²) < 4.78 is 0. The van der Waals surface area contributed by atoms with Crippen LogP contribution in [0.5, 0.6) is 0 Å². The highest BCUT2D eigenvalue weighted by molar-refractivity contribution is 5.75. The minimum Gasteiger partial charge on any atom is -0.481 e. The van der Waals surface area contributed by atoms with E-state index in [4.69, 9.17) is 5.11 Å². The number of hydrogen-bond donors (Lipinski definition) is 1. The molecule has 0 radical (unpaired) electrons. The van der Waals surface area contributed by atoms with Crippen molar-refractivity contribution in [2.24, 2.45) is 0 Å². The molecule has 2 rings (SSSR count). The molecule has 3 heteroatoms. The number of carboxylic acids is 1. The van der Waals surface area contributed by atoms with E-state index in [0.717, 1.165) is 24.1 Å². The fourth-order valence-corrected chi connectivity index (χ4v) is 2.35. The van der Waals surface area contributed by atoms with E-state index in [1.165, 1.54) is 18.4 Å². The molecule has 1 heterocycles. The molecule has 1 aliphatic rings. The van der Waals surface area contributed by atoms with Crippen molar-refractivity contribution in [1.82, 2.24) is 4.98 Å². The molecule has 0 aliphatic heterocycles. The zero-order valence-electron chi connectivity index (χ0n) is 9.57. The largest absolute Gasteiger partial charge is 0.481 e. The predicted octanol–water partition coefficient (Wildman–Crippen LogP) is 2.54. The van der Waals surface area contributed by atoms with Crippen molar-refractivity contribution in [3.05, 3.63) is 29.1 Å². The molecule has 1 unspecified atom stereocenters. The smallest absolute Gasteiger partial charge is 0.311 e. The first-order chi connectivity index (χ1) is 7.72. The minimum atomic E-state index is -0.750. The summed E-state index contributed by atoms with van der Waals surface area (Å²) in [5.41, 5.74) is 3.27. The standard InChI is InChI=1S/C13H17NO2/c1-2-11(13(15)16)10-7-9-5-3-4-6-12(9)14-8-10/h7-8,11H,2-6H2,1H3,(H,15,16). The number of pyridine rings is 1. The fraction of sp³-hybridized carbons (Fsp3) is 0.538. The Bertz CT molecular complexity index is 401. The summed E-state index contributed by atoms with van der Waals surface area (Å²) in [5.74, 6) is -1.15. The number of carboxylic acid groups (broad SMARTS) is 1. The van der Waals surface area contributed by atoms with Crippen LogP contribution in [0.25, 0.3) is 0 Å². The molecular formula is C13H17NO2. The summed E-state index contributed by atoms with van der Waals surface area (Å²) in [6.45, 7) is 1.90. The lowest BCUT2D eigenvalue weighted by molar-refractivity contribution is -0.138. The molecular weight excluding hydrogens is 202 g/mol. The zero-order valence-corrected chi connectivity index (χ0v) is 9.57. The van der Waals surface area contributed by atoms with Gasteiger partial charge < -0.3 is 5.11 Å². The SMILES string of the molecule is CCC(C(=O)O)c1cnc2c(c1)CCCC2. The average Bonchev–Trinajstić information content (AvgIpc) is 2.29. The fourth-order valence-electron chi connectivity index (χ4n) is 2.35. The average molecular weight is 219 g/mol. The van der Waals surface area contributed by atoms with Crippen molar-refractivity contribution in [2.45, 2.75) is 44.9 Å². The van der Waals surface area contributed by atoms with E-state index in [2.05, 4.69) is 4.98 Å². The van der Waals surface area contributed by atoms with Crippen LogP contribution in [0.1, 0.15) is 48.9 Å². The van der Waals surface area contributed by atoms with E-state index >= 15 is 0 Å². The van der Waals surface area contributed by atoms with Crippen molar-refractivity contribution < 1.29 is 9.90 Å². The Morgan fingerprint density at radius 3 is 2.94 bits per heavy atom. The molecule has 86 valence electrons. The van der Waals surface area contributed by atoms with Crippen molar-refractivity contribution in [1.29, 1.82) is 0 Å². The van der Waals surface area contributed by atoms with Gasteiger partial charge in [0.2, 0.25) is 0 Å². The number of fused-ring (bicyclic) bond motifs is 1. The van der Waals surface area contributed by atoms with Crippen molar-refractivity contribution >= 4 is 5.97 Å². The number of aliphatic carboxylic acids is 1. The van der Waals surface area contributed by atoms with Gasteiger partial charge in [-0.15, -0.1) is 0 Å². The van der Waals surface area contributed by atoms with Crippen molar-refractivity contribution in [2.75, 3.05) is 0 Å². The van der Waals surface area contributed by atoms with Crippen LogP contribution in [0.15, 0.2) is 12.3 Å². The summed E-state index contributed by atoms with van der Waals surface area (Å²) in [4.78, 5) is 15.5. The third-order valence-electron chi connectivity index (χ3n) is 3.30. The normalized spacial score (nSPS) is 16.6. The first-order valence-electron chi connectivity index (χ1n) is 5.93. The van der Waals surface area contributed by atoms with Crippen LogP contribution in [-0.2, 0) is 17.6 Å². The lowest BCUT2D eigenvalue weighted by atomic mass is 9.91. The van der Waals surface area contributed by atoms with Gasteiger partial charge in [0.05, 0.1) is 5.92 Å². The molecule has 1 aromatic rings. The maximum atomic E-state index is 11.1. The molecule has 1 aromatic heterocycles. The Balaban J connectivity index is 2.32. The van der Waals surface area contributed by atoms with Gasteiger partial charge in [-0.1, -0.05) is 13.0 Å².